The molecule has 3 rings (SSSR count). The van der Waals surface area contributed by atoms with Crippen LogP contribution < -0.4 is 20.1 Å². The van der Waals surface area contributed by atoms with Crippen LogP contribution in [-0.2, 0) is 22.6 Å². The number of ether oxygens (including phenoxy) is 3. The summed E-state index contributed by atoms with van der Waals surface area (Å²) in [6, 6.07) is 23.1. The molecule has 2 N–H and O–H groups in total. The summed E-state index contributed by atoms with van der Waals surface area (Å²) in [6.45, 7) is 1.97. The number of benzene rings is 3. The van der Waals surface area contributed by atoms with Gasteiger partial charge in [-0.3, -0.25) is 4.79 Å². The number of carbonyl (C=O) groups is 2. The number of hydrogen-bond donors (Lipinski definition) is 2. The largest absolute Gasteiger partial charge is 0.497 e. The monoisotopic (exact) mass is 462 g/mol. The average Bonchev–Trinajstić information content (AvgIpc) is 2.87. The van der Waals surface area contributed by atoms with Gasteiger partial charge in [0.05, 0.1) is 20.3 Å². The predicted octanol–water partition coefficient (Wildman–Crippen LogP) is 4.42. The Morgan fingerprint density at radius 2 is 1.47 bits per heavy atom. The molecule has 178 valence electrons. The molecule has 0 aromatic heterocycles. The van der Waals surface area contributed by atoms with Crippen molar-refractivity contribution < 1.29 is 23.8 Å². The summed E-state index contributed by atoms with van der Waals surface area (Å²) in [5.74, 6) is 0.928. The molecule has 2 unspecified atom stereocenters. The molecule has 2 amide bonds. The molecule has 0 saturated heterocycles. The van der Waals surface area contributed by atoms with Gasteiger partial charge in [-0.2, -0.15) is 0 Å². The Kier molecular flexibility index (Phi) is 8.91. The van der Waals surface area contributed by atoms with E-state index in [9.17, 15) is 9.59 Å². The molecule has 0 radical (unpaired) electrons. The summed E-state index contributed by atoms with van der Waals surface area (Å²) < 4.78 is 16.0. The van der Waals surface area contributed by atoms with E-state index < -0.39 is 12.1 Å². The number of rotatable bonds is 10. The maximum Gasteiger partial charge on any atom is 0.408 e. The highest BCUT2D eigenvalue weighted by Gasteiger charge is 2.25. The maximum absolute atomic E-state index is 13.2. The van der Waals surface area contributed by atoms with Crippen LogP contribution in [-0.4, -0.2) is 32.3 Å². The highest BCUT2D eigenvalue weighted by molar-refractivity contribution is 5.86. The van der Waals surface area contributed by atoms with Crippen molar-refractivity contribution in [1.29, 1.82) is 0 Å². The third kappa shape index (κ3) is 7.00. The molecule has 7 heteroatoms. The highest BCUT2D eigenvalue weighted by Crippen LogP contribution is 2.29. The van der Waals surface area contributed by atoms with Crippen LogP contribution in [0.3, 0.4) is 0 Å². The zero-order chi connectivity index (χ0) is 24.3. The van der Waals surface area contributed by atoms with Gasteiger partial charge in [-0.1, -0.05) is 60.7 Å². The number of nitrogens with one attached hydrogen (secondary N) is 2. The Balaban J connectivity index is 1.70. The highest BCUT2D eigenvalue weighted by atomic mass is 16.5. The molecule has 2 atom stereocenters. The first-order valence-corrected chi connectivity index (χ1v) is 11.0. The van der Waals surface area contributed by atoms with Gasteiger partial charge in [0.15, 0.2) is 0 Å². The minimum atomic E-state index is -0.822. The molecule has 0 heterocycles. The Bertz CT molecular complexity index is 1070. The fraction of sp³-hybridized carbons (Fsp3) is 0.259. The molecule has 0 aliphatic carbocycles. The first-order valence-electron chi connectivity index (χ1n) is 11.0. The van der Waals surface area contributed by atoms with Crippen LogP contribution in [0.15, 0.2) is 78.9 Å². The molecule has 0 aliphatic heterocycles. The Labute approximate surface area is 200 Å². The third-order valence-corrected chi connectivity index (χ3v) is 5.37. The van der Waals surface area contributed by atoms with Crippen LogP contribution in [0.1, 0.15) is 29.7 Å². The van der Waals surface area contributed by atoms with E-state index in [-0.39, 0.29) is 18.6 Å². The van der Waals surface area contributed by atoms with Crippen molar-refractivity contribution >= 4 is 12.0 Å². The van der Waals surface area contributed by atoms with Crippen molar-refractivity contribution in [3.63, 3.8) is 0 Å². The van der Waals surface area contributed by atoms with Crippen LogP contribution in [0, 0.1) is 0 Å². The minimum absolute atomic E-state index is 0.117. The van der Waals surface area contributed by atoms with E-state index in [1.807, 2.05) is 73.7 Å². The van der Waals surface area contributed by atoms with Gasteiger partial charge in [0, 0.05) is 18.1 Å². The number of alkyl carbamates (subject to hydrolysis) is 1. The quantitative estimate of drug-likeness (QED) is 0.466. The summed E-state index contributed by atoms with van der Waals surface area (Å²) in [5, 5.41) is 5.69. The van der Waals surface area contributed by atoms with Crippen molar-refractivity contribution in [2.24, 2.45) is 0 Å². The summed E-state index contributed by atoms with van der Waals surface area (Å²) in [7, 11) is 3.14. The Morgan fingerprint density at radius 1 is 0.824 bits per heavy atom. The van der Waals surface area contributed by atoms with Gasteiger partial charge >= 0.3 is 6.09 Å². The summed E-state index contributed by atoms with van der Waals surface area (Å²) in [5.41, 5.74) is 2.57. The van der Waals surface area contributed by atoms with Crippen molar-refractivity contribution in [1.82, 2.24) is 10.6 Å². The summed E-state index contributed by atoms with van der Waals surface area (Å²) in [4.78, 5) is 25.7. The SMILES string of the molecule is COc1ccc(C(C)NC(=O)C(Cc2ccccc2)NC(=O)OCc2ccccc2)c(OC)c1. The standard InChI is InChI=1S/C27H30N2O5/c1-19(23-15-14-22(32-2)17-25(23)33-3)28-26(30)24(16-20-10-6-4-7-11-20)29-27(31)34-18-21-12-8-5-9-13-21/h4-15,17,19,24H,16,18H2,1-3H3,(H,28,30)(H,29,31). The van der Waals surface area contributed by atoms with E-state index >= 15 is 0 Å². The Hall–Kier alpha value is -4.00. The van der Waals surface area contributed by atoms with E-state index in [2.05, 4.69) is 10.6 Å². The van der Waals surface area contributed by atoms with Gasteiger partial charge in [-0.15, -0.1) is 0 Å². The lowest BCUT2D eigenvalue weighted by molar-refractivity contribution is -0.123. The van der Waals surface area contributed by atoms with Crippen LogP contribution in [0.5, 0.6) is 11.5 Å². The van der Waals surface area contributed by atoms with Crippen LogP contribution in [0.4, 0.5) is 4.79 Å². The fourth-order valence-electron chi connectivity index (χ4n) is 3.53. The average molecular weight is 463 g/mol. The first-order chi connectivity index (χ1) is 16.5. The van der Waals surface area contributed by atoms with Crippen molar-refractivity contribution in [3.05, 3.63) is 95.6 Å². The normalized spacial score (nSPS) is 12.2. The summed E-state index contributed by atoms with van der Waals surface area (Å²) >= 11 is 0. The van der Waals surface area contributed by atoms with E-state index in [0.717, 1.165) is 16.7 Å². The molecule has 3 aromatic carbocycles. The zero-order valence-electron chi connectivity index (χ0n) is 19.6. The number of carbonyl (C=O) groups excluding carboxylic acids is 2. The van der Waals surface area contributed by atoms with Gasteiger partial charge in [0.25, 0.3) is 0 Å². The lowest BCUT2D eigenvalue weighted by atomic mass is 10.0. The van der Waals surface area contributed by atoms with E-state index in [1.54, 1.807) is 26.4 Å². The minimum Gasteiger partial charge on any atom is -0.497 e. The lowest BCUT2D eigenvalue weighted by Crippen LogP contribution is -2.48. The second-order valence-electron chi connectivity index (χ2n) is 7.79. The number of methoxy groups -OCH3 is 2. The zero-order valence-corrected chi connectivity index (χ0v) is 19.6. The fourth-order valence-corrected chi connectivity index (χ4v) is 3.53. The third-order valence-electron chi connectivity index (χ3n) is 5.37. The second kappa shape index (κ2) is 12.3. The molecule has 0 aliphatic rings. The van der Waals surface area contributed by atoms with Gasteiger partial charge in [0.2, 0.25) is 5.91 Å². The van der Waals surface area contributed by atoms with E-state index in [0.29, 0.717) is 17.9 Å². The van der Waals surface area contributed by atoms with Gasteiger partial charge in [-0.25, -0.2) is 4.79 Å². The van der Waals surface area contributed by atoms with Gasteiger partial charge in [0.1, 0.15) is 24.1 Å². The topological polar surface area (TPSA) is 85.9 Å². The van der Waals surface area contributed by atoms with Crippen molar-refractivity contribution in [3.8, 4) is 11.5 Å². The van der Waals surface area contributed by atoms with Crippen molar-refractivity contribution in [2.75, 3.05) is 14.2 Å². The number of amides is 2. The Morgan fingerprint density at radius 3 is 2.09 bits per heavy atom. The molecular weight excluding hydrogens is 432 g/mol. The molecule has 0 fully saturated rings. The van der Waals surface area contributed by atoms with Crippen molar-refractivity contribution in [2.45, 2.75) is 32.0 Å². The lowest BCUT2D eigenvalue weighted by Gasteiger charge is -2.23. The van der Waals surface area contributed by atoms with Crippen LogP contribution >= 0.6 is 0 Å². The molecule has 7 nitrogen and oxygen atoms in total. The van der Waals surface area contributed by atoms with E-state index in [1.165, 1.54) is 0 Å². The molecule has 34 heavy (non-hydrogen) atoms. The predicted molar refractivity (Wildman–Crippen MR) is 130 cm³/mol. The number of hydrogen-bond acceptors (Lipinski definition) is 5. The van der Waals surface area contributed by atoms with E-state index in [4.69, 9.17) is 14.2 Å². The van der Waals surface area contributed by atoms with Gasteiger partial charge in [-0.05, 0) is 30.2 Å². The molecular formula is C27H30N2O5. The molecule has 0 bridgehead atoms. The first kappa shape index (κ1) is 24.6. The second-order valence-corrected chi connectivity index (χ2v) is 7.79. The maximum atomic E-state index is 13.2. The molecule has 3 aromatic rings. The summed E-state index contributed by atoms with van der Waals surface area (Å²) in [6.07, 6.45) is -0.339. The van der Waals surface area contributed by atoms with Gasteiger partial charge < -0.3 is 24.8 Å². The van der Waals surface area contributed by atoms with Crippen LogP contribution in [0.2, 0.25) is 0 Å². The smallest absolute Gasteiger partial charge is 0.408 e. The molecule has 0 spiro atoms. The molecule has 0 saturated carbocycles. The van der Waals surface area contributed by atoms with Crippen LogP contribution in [0.25, 0.3) is 0 Å².